The zero-order valence-electron chi connectivity index (χ0n) is 16.4. The lowest BCUT2D eigenvalue weighted by molar-refractivity contribution is -0.125. The van der Waals surface area contributed by atoms with Gasteiger partial charge in [0.1, 0.15) is 0 Å². The van der Waals surface area contributed by atoms with Crippen molar-refractivity contribution in [1.82, 2.24) is 9.62 Å². The van der Waals surface area contributed by atoms with Gasteiger partial charge < -0.3 is 5.32 Å². The summed E-state index contributed by atoms with van der Waals surface area (Å²) in [7, 11) is -3.50. The van der Waals surface area contributed by atoms with E-state index in [1.165, 1.54) is 29.6 Å². The largest absolute Gasteiger partial charge is 0.356 e. The number of halogens is 1. The zero-order valence-corrected chi connectivity index (χ0v) is 18.0. The molecule has 7 heteroatoms. The summed E-state index contributed by atoms with van der Waals surface area (Å²) in [5.74, 6) is 0.683. The third kappa shape index (κ3) is 5.71. The number of hydrogen-bond acceptors (Lipinski definition) is 3. The molecule has 156 valence electrons. The number of carbonyl (C=O) groups is 1. The fourth-order valence-corrected chi connectivity index (χ4v) is 6.01. The molecule has 2 fully saturated rings. The lowest BCUT2D eigenvalue weighted by Gasteiger charge is -2.31. The summed E-state index contributed by atoms with van der Waals surface area (Å²) in [5, 5.41) is 3.56. The van der Waals surface area contributed by atoms with Gasteiger partial charge in [0, 0.05) is 30.6 Å². The van der Waals surface area contributed by atoms with Gasteiger partial charge in [-0.3, -0.25) is 4.79 Å². The standard InChI is InChI=1S/C21H31ClN2O3S/c22-19-9-6-10-20(15-19)28(26,27)24-13-11-17(12-14-24)16-23-21(25)18-7-4-2-1-3-5-8-18/h6,9-10,15,17-18H,1-5,7-8,11-14,16H2,(H,23,25). The molecular formula is C21H31ClN2O3S. The summed E-state index contributed by atoms with van der Waals surface area (Å²) < 4.78 is 27.1. The Morgan fingerprint density at radius 2 is 1.68 bits per heavy atom. The highest BCUT2D eigenvalue weighted by molar-refractivity contribution is 7.89. The van der Waals surface area contributed by atoms with Crippen LogP contribution in [0.3, 0.4) is 0 Å². The highest BCUT2D eigenvalue weighted by Crippen LogP contribution is 2.26. The van der Waals surface area contributed by atoms with Crippen molar-refractivity contribution in [3.05, 3.63) is 29.3 Å². The number of amides is 1. The van der Waals surface area contributed by atoms with Crippen molar-refractivity contribution in [3.8, 4) is 0 Å². The highest BCUT2D eigenvalue weighted by Gasteiger charge is 2.30. The van der Waals surface area contributed by atoms with Crippen molar-refractivity contribution in [2.75, 3.05) is 19.6 Å². The van der Waals surface area contributed by atoms with Gasteiger partial charge in [0.15, 0.2) is 0 Å². The Morgan fingerprint density at radius 3 is 2.32 bits per heavy atom. The summed E-state index contributed by atoms with van der Waals surface area (Å²) in [6.07, 6.45) is 9.62. The van der Waals surface area contributed by atoms with Gasteiger partial charge in [0.05, 0.1) is 4.90 Å². The lowest BCUT2D eigenvalue weighted by Crippen LogP contribution is -2.42. The van der Waals surface area contributed by atoms with E-state index in [4.69, 9.17) is 11.6 Å². The molecular weight excluding hydrogens is 396 g/mol. The Balaban J connectivity index is 1.46. The summed E-state index contributed by atoms with van der Waals surface area (Å²) in [5.41, 5.74) is 0. The van der Waals surface area contributed by atoms with Crippen molar-refractivity contribution >= 4 is 27.5 Å². The predicted molar refractivity (Wildman–Crippen MR) is 112 cm³/mol. The molecule has 1 saturated heterocycles. The molecule has 1 aliphatic carbocycles. The maximum absolute atomic E-state index is 12.8. The maximum atomic E-state index is 12.8. The van der Waals surface area contributed by atoms with Gasteiger partial charge in [-0.15, -0.1) is 0 Å². The smallest absolute Gasteiger partial charge is 0.243 e. The van der Waals surface area contributed by atoms with Crippen LogP contribution < -0.4 is 5.32 Å². The summed E-state index contributed by atoms with van der Waals surface area (Å²) >= 11 is 5.94. The number of nitrogens with one attached hydrogen (secondary N) is 1. The minimum Gasteiger partial charge on any atom is -0.356 e. The first-order chi connectivity index (χ1) is 13.5. The first-order valence-corrected chi connectivity index (χ1v) is 12.3. The second-order valence-corrected chi connectivity index (χ2v) is 10.5. The minimum absolute atomic E-state index is 0.156. The van der Waals surface area contributed by atoms with E-state index in [1.807, 2.05) is 0 Å². The topological polar surface area (TPSA) is 66.5 Å². The van der Waals surface area contributed by atoms with Crippen LogP contribution in [0.1, 0.15) is 57.8 Å². The summed E-state index contributed by atoms with van der Waals surface area (Å²) in [6.45, 7) is 1.62. The third-order valence-electron chi connectivity index (χ3n) is 6.05. The van der Waals surface area contributed by atoms with Crippen LogP contribution >= 0.6 is 11.6 Å². The Morgan fingerprint density at radius 1 is 1.04 bits per heavy atom. The second-order valence-electron chi connectivity index (χ2n) is 8.09. The van der Waals surface area contributed by atoms with E-state index in [-0.39, 0.29) is 16.7 Å². The van der Waals surface area contributed by atoms with Crippen molar-refractivity contribution < 1.29 is 13.2 Å². The fourth-order valence-electron chi connectivity index (χ4n) is 4.24. The molecule has 1 N–H and O–H groups in total. The molecule has 0 bridgehead atoms. The van der Waals surface area contributed by atoms with Crippen LogP contribution in [0.15, 0.2) is 29.2 Å². The zero-order chi connectivity index (χ0) is 20.0. The van der Waals surface area contributed by atoms with Gasteiger partial charge in [-0.2, -0.15) is 4.31 Å². The van der Waals surface area contributed by atoms with Crippen LogP contribution in [-0.2, 0) is 14.8 Å². The van der Waals surface area contributed by atoms with Crippen molar-refractivity contribution in [2.24, 2.45) is 11.8 Å². The van der Waals surface area contributed by atoms with E-state index in [2.05, 4.69) is 5.32 Å². The van der Waals surface area contributed by atoms with Crippen LogP contribution in [0.2, 0.25) is 5.02 Å². The molecule has 2 aliphatic rings. The van der Waals surface area contributed by atoms with E-state index in [1.54, 1.807) is 18.2 Å². The Kier molecular flexibility index (Phi) is 7.77. The molecule has 1 aromatic carbocycles. The second kappa shape index (κ2) is 10.1. The summed E-state index contributed by atoms with van der Waals surface area (Å²) in [4.78, 5) is 12.8. The molecule has 1 saturated carbocycles. The van der Waals surface area contributed by atoms with E-state index in [0.29, 0.717) is 30.6 Å². The molecule has 0 aromatic heterocycles. The minimum atomic E-state index is -3.50. The quantitative estimate of drug-likeness (QED) is 0.766. The van der Waals surface area contributed by atoms with Crippen LogP contribution in [0.25, 0.3) is 0 Å². The number of hydrogen-bond donors (Lipinski definition) is 1. The number of sulfonamides is 1. The van der Waals surface area contributed by atoms with Gasteiger partial charge in [0.2, 0.25) is 15.9 Å². The van der Waals surface area contributed by atoms with Gasteiger partial charge in [0.25, 0.3) is 0 Å². The van der Waals surface area contributed by atoms with Gasteiger partial charge in [-0.25, -0.2) is 8.42 Å². The van der Waals surface area contributed by atoms with Gasteiger partial charge >= 0.3 is 0 Å². The molecule has 1 aromatic rings. The number of rotatable bonds is 5. The Bertz CT molecular complexity index is 753. The van der Waals surface area contributed by atoms with Crippen LogP contribution in [0.4, 0.5) is 0 Å². The molecule has 28 heavy (non-hydrogen) atoms. The van der Waals surface area contributed by atoms with Crippen molar-refractivity contribution in [3.63, 3.8) is 0 Å². The van der Waals surface area contributed by atoms with Gasteiger partial charge in [-0.05, 0) is 49.8 Å². The summed E-state index contributed by atoms with van der Waals surface area (Å²) in [6, 6.07) is 6.42. The SMILES string of the molecule is O=C(NCC1CCN(S(=O)(=O)c2cccc(Cl)c2)CC1)C1CCCCCCC1. The predicted octanol–water partition coefficient (Wildman–Crippen LogP) is 4.22. The number of benzene rings is 1. The van der Waals surface area contributed by atoms with E-state index >= 15 is 0 Å². The number of carbonyl (C=O) groups excluding carboxylic acids is 1. The first-order valence-electron chi connectivity index (χ1n) is 10.5. The average molecular weight is 427 g/mol. The molecule has 0 unspecified atom stereocenters. The number of nitrogens with zero attached hydrogens (tertiary/aromatic N) is 1. The van der Waals surface area contributed by atoms with Crippen LogP contribution in [-0.4, -0.2) is 38.3 Å². The van der Waals surface area contributed by atoms with Crippen molar-refractivity contribution in [2.45, 2.75) is 62.7 Å². The van der Waals surface area contributed by atoms with Crippen LogP contribution in [0.5, 0.6) is 0 Å². The number of piperidine rings is 1. The molecule has 0 atom stereocenters. The maximum Gasteiger partial charge on any atom is 0.243 e. The molecule has 5 nitrogen and oxygen atoms in total. The Labute approximate surface area is 173 Å². The van der Waals surface area contributed by atoms with E-state index < -0.39 is 10.0 Å². The Hall–Kier alpha value is -1.11. The highest BCUT2D eigenvalue weighted by atomic mass is 35.5. The normalized spacial score (nSPS) is 21.0. The van der Waals surface area contributed by atoms with Gasteiger partial charge in [-0.1, -0.05) is 49.8 Å². The fraction of sp³-hybridized carbons (Fsp3) is 0.667. The molecule has 1 aliphatic heterocycles. The van der Waals surface area contributed by atoms with E-state index in [9.17, 15) is 13.2 Å². The van der Waals surface area contributed by atoms with E-state index in [0.717, 1.165) is 38.5 Å². The van der Waals surface area contributed by atoms with Crippen LogP contribution in [0, 0.1) is 11.8 Å². The first kappa shape index (κ1) is 21.6. The lowest BCUT2D eigenvalue weighted by atomic mass is 9.90. The molecule has 3 rings (SSSR count). The molecule has 0 radical (unpaired) electrons. The molecule has 1 amide bonds. The monoisotopic (exact) mass is 426 g/mol. The third-order valence-corrected chi connectivity index (χ3v) is 8.18. The molecule has 1 heterocycles. The molecule has 0 spiro atoms. The van der Waals surface area contributed by atoms with Crippen molar-refractivity contribution in [1.29, 1.82) is 0 Å². The average Bonchev–Trinajstić information content (AvgIpc) is 2.66.